The number of carbonyl (C=O) groups excluding carboxylic acids is 2. The second-order valence-electron chi connectivity index (χ2n) is 13.1. The summed E-state index contributed by atoms with van der Waals surface area (Å²) in [6.07, 6.45) is 0.597. The van der Waals surface area contributed by atoms with E-state index in [9.17, 15) is 22.8 Å². The lowest BCUT2D eigenvalue weighted by atomic mass is 9.85. The molecule has 0 radical (unpaired) electrons. The Morgan fingerprint density at radius 3 is 2.56 bits per heavy atom. The summed E-state index contributed by atoms with van der Waals surface area (Å²) >= 11 is 0. The van der Waals surface area contributed by atoms with Crippen molar-refractivity contribution in [1.29, 1.82) is 5.41 Å². The summed E-state index contributed by atoms with van der Waals surface area (Å²) < 4.78 is 45.2. The fraction of sp³-hybridized carbons (Fsp3) is 0.333. The molecule has 2 aromatic heterocycles. The second-order valence-corrected chi connectivity index (χ2v) is 13.1. The topological polar surface area (TPSA) is 144 Å². The van der Waals surface area contributed by atoms with Gasteiger partial charge in [-0.25, -0.2) is 5.41 Å². The summed E-state index contributed by atoms with van der Waals surface area (Å²) in [6, 6.07) is 15.4. The van der Waals surface area contributed by atoms with E-state index in [1.807, 2.05) is 35.2 Å². The number of amides is 2. The molecule has 3 aliphatic rings. The molecule has 0 aliphatic carbocycles. The van der Waals surface area contributed by atoms with Crippen LogP contribution in [0.2, 0.25) is 0 Å². The highest BCUT2D eigenvalue weighted by molar-refractivity contribution is 6.03. The van der Waals surface area contributed by atoms with Crippen LogP contribution in [0.25, 0.3) is 27.7 Å². The van der Waals surface area contributed by atoms with Gasteiger partial charge < -0.3 is 14.5 Å². The van der Waals surface area contributed by atoms with E-state index in [0.717, 1.165) is 23.4 Å². The Morgan fingerprint density at radius 2 is 1.84 bits per heavy atom. The maximum atomic E-state index is 13.9. The molecule has 2 saturated heterocycles. The van der Waals surface area contributed by atoms with Crippen molar-refractivity contribution in [2.75, 3.05) is 44.2 Å². The zero-order chi connectivity index (χ0) is 35.2. The van der Waals surface area contributed by atoms with Crippen molar-refractivity contribution in [3.63, 3.8) is 0 Å². The number of nitrogens with zero attached hydrogens (tertiary/aromatic N) is 5. The van der Waals surface area contributed by atoms with Crippen LogP contribution in [0.15, 0.2) is 66.9 Å². The van der Waals surface area contributed by atoms with Crippen LogP contribution in [0.4, 0.5) is 18.9 Å². The summed E-state index contributed by atoms with van der Waals surface area (Å²) in [5.41, 5.74) is 3.12. The van der Waals surface area contributed by atoms with E-state index in [1.165, 1.54) is 6.07 Å². The Kier molecular flexibility index (Phi) is 8.50. The number of pyridine rings is 1. The van der Waals surface area contributed by atoms with Gasteiger partial charge in [-0.3, -0.25) is 30.0 Å². The number of aromatic nitrogens is 3. The number of hydrogen-bond donors (Lipinski definition) is 3. The molecule has 1 spiro atoms. The number of nitrogens with two attached hydrogens (primary N) is 1. The van der Waals surface area contributed by atoms with Crippen LogP contribution in [-0.4, -0.2) is 87.9 Å². The van der Waals surface area contributed by atoms with Gasteiger partial charge >= 0.3 is 12.1 Å². The molecule has 2 aromatic carbocycles. The van der Waals surface area contributed by atoms with Gasteiger partial charge in [0.05, 0.1) is 24.4 Å². The van der Waals surface area contributed by atoms with Gasteiger partial charge in [-0.05, 0) is 79.4 Å². The van der Waals surface area contributed by atoms with Crippen LogP contribution in [0, 0.1) is 10.8 Å². The molecule has 4 aromatic rings. The third-order valence-electron chi connectivity index (χ3n) is 9.83. The highest BCUT2D eigenvalue weighted by Gasteiger charge is 2.51. The number of likely N-dealkylation sites (tertiary alicyclic amines) is 1. The molecule has 2 amide bonds. The number of benzene rings is 2. The normalized spacial score (nSPS) is 19.8. The molecule has 14 heteroatoms. The first-order valence-electron chi connectivity index (χ1n) is 16.4. The van der Waals surface area contributed by atoms with Gasteiger partial charge in [0, 0.05) is 54.6 Å². The number of H-pyrrole nitrogens is 1. The fourth-order valence-corrected chi connectivity index (χ4v) is 7.17. The molecular weight excluding hydrogens is 649 g/mol. The number of fused-ring (bicyclic) bond motifs is 1. The van der Waals surface area contributed by atoms with Gasteiger partial charge in [-0.2, -0.15) is 18.3 Å². The predicted octanol–water partition coefficient (Wildman–Crippen LogP) is 3.91. The highest BCUT2D eigenvalue weighted by Crippen LogP contribution is 2.43. The van der Waals surface area contributed by atoms with Crippen molar-refractivity contribution in [1.82, 2.24) is 25.0 Å². The van der Waals surface area contributed by atoms with Crippen molar-refractivity contribution in [3.05, 3.63) is 83.7 Å². The van der Waals surface area contributed by atoms with Crippen molar-refractivity contribution in [3.8, 4) is 11.3 Å². The van der Waals surface area contributed by atoms with Crippen LogP contribution in [0.3, 0.4) is 0 Å². The van der Waals surface area contributed by atoms with Crippen molar-refractivity contribution in [2.24, 2.45) is 5.41 Å². The number of rotatable bonds is 6. The van der Waals surface area contributed by atoms with E-state index in [1.54, 1.807) is 24.0 Å². The molecule has 2 fully saturated rings. The Morgan fingerprint density at radius 1 is 1.06 bits per heavy atom. The molecule has 1 atom stereocenters. The number of halogens is 3. The van der Waals surface area contributed by atoms with E-state index in [2.05, 4.69) is 26.2 Å². The summed E-state index contributed by atoms with van der Waals surface area (Å²) in [6.45, 7) is 4.55. The molecule has 4 N–H and O–H groups in total. The Labute approximate surface area is 285 Å². The number of hydrogen-bond acceptors (Lipinski definition) is 7. The SMILES string of the molecule is CC(=[NH2+])OC(=N)c1ccc(C2=CCN(C(=O)CN3CC[C@]4(CCN(c5ccc6[nH]nc(-c7ccnc(C(F)(F)F)c7)c6c5)C4=O)C3)CC2)cc1. The summed E-state index contributed by atoms with van der Waals surface area (Å²) in [7, 11) is 0. The van der Waals surface area contributed by atoms with Gasteiger partial charge in [-0.1, -0.05) is 18.2 Å². The average Bonchev–Trinajstić information content (AvgIpc) is 3.81. The maximum absolute atomic E-state index is 13.9. The molecule has 11 nitrogen and oxygen atoms in total. The van der Waals surface area contributed by atoms with E-state index >= 15 is 0 Å². The highest BCUT2D eigenvalue weighted by atomic mass is 19.4. The number of ether oxygens (including phenoxy) is 1. The number of anilines is 1. The lowest BCUT2D eigenvalue weighted by Crippen LogP contribution is -2.43. The molecule has 50 heavy (non-hydrogen) atoms. The third kappa shape index (κ3) is 6.38. The quantitative estimate of drug-likeness (QED) is 0.208. The number of carbonyl (C=O) groups is 2. The molecule has 0 unspecified atom stereocenters. The second kappa shape index (κ2) is 12.8. The monoisotopic (exact) mass is 685 g/mol. The largest absolute Gasteiger partial charge is 0.433 e. The Balaban J connectivity index is 0.977. The zero-order valence-electron chi connectivity index (χ0n) is 27.4. The van der Waals surface area contributed by atoms with E-state index in [-0.39, 0.29) is 35.7 Å². The first kappa shape index (κ1) is 33.1. The van der Waals surface area contributed by atoms with Crippen LogP contribution >= 0.6 is 0 Å². The Hall–Kier alpha value is -5.37. The van der Waals surface area contributed by atoms with Gasteiger partial charge in [0.1, 0.15) is 11.4 Å². The summed E-state index contributed by atoms with van der Waals surface area (Å²) in [5.74, 6) is 0.214. The van der Waals surface area contributed by atoms with Crippen LogP contribution in [0.1, 0.15) is 43.0 Å². The standard InChI is InChI=1S/C36H35F3N8O3/c1-22(40)50-33(41)25-4-2-23(3-5-25)24-9-14-46(15-10-24)31(48)20-45-16-11-35(21-45)12-17-47(34(35)49)27-6-7-29-28(19-27)32(44-43-29)26-8-13-42-30(18-26)36(37,38)39/h2-9,13,18-19,40-41H,10-12,14-17,20-21H2,1H3,(H,43,44)/p+1/t35-/m0/s1. The van der Waals surface area contributed by atoms with E-state index in [0.29, 0.717) is 79.8 Å². The zero-order valence-corrected chi connectivity index (χ0v) is 27.4. The number of alkyl halides is 3. The lowest BCUT2D eigenvalue weighted by Gasteiger charge is -2.29. The first-order valence-corrected chi connectivity index (χ1v) is 16.4. The summed E-state index contributed by atoms with van der Waals surface area (Å²) in [5, 5.41) is 21.3. The van der Waals surface area contributed by atoms with Gasteiger partial charge in [0.15, 0.2) is 0 Å². The summed E-state index contributed by atoms with van der Waals surface area (Å²) in [4.78, 5) is 36.4. The predicted molar refractivity (Wildman–Crippen MR) is 181 cm³/mol. The smallest absolute Gasteiger partial charge is 0.390 e. The molecular formula is C36H36F3N8O3+. The fourth-order valence-electron chi connectivity index (χ4n) is 7.17. The van der Waals surface area contributed by atoms with Crippen molar-refractivity contribution in [2.45, 2.75) is 32.4 Å². The minimum absolute atomic E-state index is 0.00493. The van der Waals surface area contributed by atoms with E-state index in [4.69, 9.17) is 15.6 Å². The maximum Gasteiger partial charge on any atom is 0.433 e. The number of aromatic amines is 1. The Bertz CT molecular complexity index is 2040. The van der Waals surface area contributed by atoms with Crippen molar-refractivity contribution < 1.29 is 32.9 Å². The van der Waals surface area contributed by atoms with Gasteiger partial charge in [0.25, 0.3) is 0 Å². The minimum Gasteiger partial charge on any atom is -0.390 e. The third-order valence-corrected chi connectivity index (χ3v) is 9.83. The molecule has 0 bridgehead atoms. The molecule has 5 heterocycles. The van der Waals surface area contributed by atoms with Crippen LogP contribution in [0.5, 0.6) is 0 Å². The molecule has 7 rings (SSSR count). The van der Waals surface area contributed by atoms with E-state index < -0.39 is 17.3 Å². The van der Waals surface area contributed by atoms with Crippen LogP contribution in [-0.2, 0) is 20.5 Å². The van der Waals surface area contributed by atoms with Crippen molar-refractivity contribution >= 4 is 45.8 Å². The number of nitrogens with one attached hydrogen (secondary N) is 2. The van der Waals surface area contributed by atoms with Gasteiger partial charge in [-0.15, -0.1) is 0 Å². The van der Waals surface area contributed by atoms with Gasteiger partial charge in [0.2, 0.25) is 17.7 Å². The lowest BCUT2D eigenvalue weighted by molar-refractivity contribution is -0.141. The molecule has 0 saturated carbocycles. The molecule has 3 aliphatic heterocycles. The van der Waals surface area contributed by atoms with Crippen LogP contribution < -0.4 is 10.3 Å². The molecule has 258 valence electrons. The minimum atomic E-state index is -4.58. The first-order chi connectivity index (χ1) is 23.9. The average molecular weight is 686 g/mol.